The summed E-state index contributed by atoms with van der Waals surface area (Å²) in [6, 6.07) is 1.77. The zero-order valence-electron chi connectivity index (χ0n) is 10.6. The van der Waals surface area contributed by atoms with Gasteiger partial charge in [0.2, 0.25) is 0 Å². The number of morpholine rings is 1. The van der Waals surface area contributed by atoms with Crippen LogP contribution in [0, 0.1) is 0 Å². The van der Waals surface area contributed by atoms with Gasteiger partial charge in [0.05, 0.1) is 19.6 Å². The van der Waals surface area contributed by atoms with Crippen molar-refractivity contribution >= 4 is 5.97 Å². The highest BCUT2D eigenvalue weighted by atomic mass is 16.5. The van der Waals surface area contributed by atoms with Crippen molar-refractivity contribution < 1.29 is 14.3 Å². The molecule has 100 valence electrons. The van der Waals surface area contributed by atoms with Gasteiger partial charge in [-0.1, -0.05) is 0 Å². The zero-order chi connectivity index (χ0) is 12.8. The summed E-state index contributed by atoms with van der Waals surface area (Å²) in [6.07, 6.45) is 1.77. The van der Waals surface area contributed by atoms with Crippen LogP contribution in [-0.4, -0.2) is 60.0 Å². The van der Waals surface area contributed by atoms with Crippen LogP contribution in [0.25, 0.3) is 0 Å². The van der Waals surface area contributed by atoms with Gasteiger partial charge >= 0.3 is 5.97 Å². The maximum Gasteiger partial charge on any atom is 0.312 e. The summed E-state index contributed by atoms with van der Waals surface area (Å²) in [4.78, 5) is 13.9. The van der Waals surface area contributed by atoms with Crippen LogP contribution in [0.4, 0.5) is 0 Å². The van der Waals surface area contributed by atoms with Crippen LogP contribution in [0.1, 0.15) is 12.6 Å². The highest BCUT2D eigenvalue weighted by Crippen LogP contribution is 2.03. The molecule has 0 aromatic carbocycles. The molecule has 1 aromatic rings. The molecule has 1 atom stereocenters. The van der Waals surface area contributed by atoms with Crippen molar-refractivity contribution in [1.29, 1.82) is 0 Å². The number of nitrogens with one attached hydrogen (secondary N) is 1. The fourth-order valence-electron chi connectivity index (χ4n) is 1.99. The minimum Gasteiger partial charge on any atom is -0.461 e. The van der Waals surface area contributed by atoms with Crippen molar-refractivity contribution in [2.24, 2.45) is 0 Å². The van der Waals surface area contributed by atoms with Gasteiger partial charge in [-0.25, -0.2) is 0 Å². The van der Waals surface area contributed by atoms with Gasteiger partial charge in [0.1, 0.15) is 6.10 Å². The average Bonchev–Trinajstić information content (AvgIpc) is 2.82. The van der Waals surface area contributed by atoms with E-state index >= 15 is 0 Å². The van der Waals surface area contributed by atoms with Crippen molar-refractivity contribution in [1.82, 2.24) is 15.1 Å². The van der Waals surface area contributed by atoms with Crippen molar-refractivity contribution in [2.45, 2.75) is 19.4 Å². The minimum absolute atomic E-state index is 0.0986. The Morgan fingerprint density at radius 3 is 3.06 bits per heavy atom. The summed E-state index contributed by atoms with van der Waals surface area (Å²) in [5.41, 5.74) is 0.776. The van der Waals surface area contributed by atoms with E-state index in [1.807, 2.05) is 6.92 Å². The van der Waals surface area contributed by atoms with E-state index in [2.05, 4.69) is 15.1 Å². The number of hydrogen-bond acceptors (Lipinski definition) is 5. The number of H-pyrrole nitrogens is 1. The molecule has 1 aromatic heterocycles. The molecule has 6 nitrogen and oxygen atoms in total. The number of hydrogen-bond donors (Lipinski definition) is 1. The Bertz CT molecular complexity index is 361. The van der Waals surface area contributed by atoms with Crippen molar-refractivity contribution in [2.75, 3.05) is 32.8 Å². The summed E-state index contributed by atoms with van der Waals surface area (Å²) in [7, 11) is 0. The molecule has 1 fully saturated rings. The van der Waals surface area contributed by atoms with E-state index in [-0.39, 0.29) is 18.5 Å². The largest absolute Gasteiger partial charge is 0.461 e. The smallest absolute Gasteiger partial charge is 0.312 e. The van der Waals surface area contributed by atoms with Crippen molar-refractivity contribution in [3.63, 3.8) is 0 Å². The number of aromatic amines is 1. The summed E-state index contributed by atoms with van der Waals surface area (Å²) in [6.45, 7) is 6.01. The minimum atomic E-state index is -0.222. The second kappa shape index (κ2) is 6.51. The van der Waals surface area contributed by atoms with Gasteiger partial charge in [-0.05, 0) is 13.0 Å². The third kappa shape index (κ3) is 4.12. The number of nitrogens with zero attached hydrogens (tertiary/aromatic N) is 2. The van der Waals surface area contributed by atoms with E-state index in [0.29, 0.717) is 0 Å². The molecule has 2 heterocycles. The zero-order valence-corrected chi connectivity index (χ0v) is 10.6. The summed E-state index contributed by atoms with van der Waals surface area (Å²) >= 11 is 0. The first-order valence-corrected chi connectivity index (χ1v) is 6.22. The molecule has 6 heteroatoms. The molecule has 0 saturated carbocycles. The van der Waals surface area contributed by atoms with Crippen LogP contribution >= 0.6 is 0 Å². The first-order chi connectivity index (χ1) is 8.74. The molecular formula is C12H19N3O3. The number of carbonyl (C=O) groups excluding carboxylic acids is 1. The maximum atomic E-state index is 11.6. The Labute approximate surface area is 106 Å². The van der Waals surface area contributed by atoms with Gasteiger partial charge in [0.25, 0.3) is 0 Å². The molecule has 0 radical (unpaired) electrons. The average molecular weight is 253 g/mol. The second-order valence-electron chi connectivity index (χ2n) is 4.47. The van der Waals surface area contributed by atoms with Crippen LogP contribution in [0.3, 0.4) is 0 Å². The van der Waals surface area contributed by atoms with Gasteiger partial charge in [0, 0.05) is 31.5 Å². The first kappa shape index (κ1) is 13.0. The third-order valence-corrected chi connectivity index (χ3v) is 2.84. The topological polar surface area (TPSA) is 67.5 Å². The standard InChI is InChI=1S/C12H19N3O3/c1-10(9-15-4-6-17-7-5-15)18-12(16)8-11-2-3-13-14-11/h2-3,10H,4-9H2,1H3,(H,13,14). The Balaban J connectivity index is 1.69. The monoisotopic (exact) mass is 253 g/mol. The van der Waals surface area contributed by atoms with Crippen molar-refractivity contribution in [3.05, 3.63) is 18.0 Å². The molecule has 18 heavy (non-hydrogen) atoms. The normalized spacial score (nSPS) is 18.5. The van der Waals surface area contributed by atoms with Gasteiger partial charge in [-0.15, -0.1) is 0 Å². The predicted molar refractivity (Wildman–Crippen MR) is 65.1 cm³/mol. The van der Waals surface area contributed by atoms with Gasteiger partial charge in [-0.3, -0.25) is 14.8 Å². The molecule has 1 aliphatic heterocycles. The van der Waals surface area contributed by atoms with E-state index in [1.165, 1.54) is 0 Å². The summed E-state index contributed by atoms with van der Waals surface area (Å²) < 4.78 is 10.6. The molecule has 1 aliphatic rings. The second-order valence-corrected chi connectivity index (χ2v) is 4.47. The fraction of sp³-hybridized carbons (Fsp3) is 0.667. The Morgan fingerprint density at radius 1 is 1.61 bits per heavy atom. The summed E-state index contributed by atoms with van der Waals surface area (Å²) in [5.74, 6) is -0.222. The quantitative estimate of drug-likeness (QED) is 0.760. The Morgan fingerprint density at radius 2 is 2.39 bits per heavy atom. The number of aromatic nitrogens is 2. The lowest BCUT2D eigenvalue weighted by Crippen LogP contribution is -2.41. The lowest BCUT2D eigenvalue weighted by Gasteiger charge is -2.28. The highest BCUT2D eigenvalue weighted by Gasteiger charge is 2.16. The van der Waals surface area contributed by atoms with E-state index in [1.54, 1.807) is 12.3 Å². The van der Waals surface area contributed by atoms with E-state index < -0.39 is 0 Å². The summed E-state index contributed by atoms with van der Waals surface area (Å²) in [5, 5.41) is 6.54. The Kier molecular flexibility index (Phi) is 4.72. The lowest BCUT2D eigenvalue weighted by atomic mass is 10.3. The SMILES string of the molecule is CC(CN1CCOCC1)OC(=O)Cc1ccn[nH]1. The Hall–Kier alpha value is -1.40. The lowest BCUT2D eigenvalue weighted by molar-refractivity contribution is -0.148. The van der Waals surface area contributed by atoms with Crippen LogP contribution in [0.5, 0.6) is 0 Å². The molecule has 0 spiro atoms. The molecule has 1 N–H and O–H groups in total. The van der Waals surface area contributed by atoms with E-state index in [0.717, 1.165) is 38.5 Å². The van der Waals surface area contributed by atoms with Gasteiger partial charge in [0.15, 0.2) is 0 Å². The first-order valence-electron chi connectivity index (χ1n) is 6.22. The van der Waals surface area contributed by atoms with Gasteiger partial charge < -0.3 is 9.47 Å². The number of ether oxygens (including phenoxy) is 2. The molecule has 1 unspecified atom stereocenters. The molecule has 0 amide bonds. The fourth-order valence-corrected chi connectivity index (χ4v) is 1.99. The predicted octanol–water partition coefficient (Wildman–Crippen LogP) is 0.216. The number of carbonyl (C=O) groups is 1. The van der Waals surface area contributed by atoms with Crippen LogP contribution < -0.4 is 0 Å². The van der Waals surface area contributed by atoms with E-state index in [4.69, 9.17) is 9.47 Å². The maximum absolute atomic E-state index is 11.6. The van der Waals surface area contributed by atoms with Crippen LogP contribution in [0.2, 0.25) is 0 Å². The molecule has 0 aliphatic carbocycles. The number of rotatable bonds is 5. The third-order valence-electron chi connectivity index (χ3n) is 2.84. The van der Waals surface area contributed by atoms with Crippen LogP contribution in [-0.2, 0) is 20.7 Å². The highest BCUT2D eigenvalue weighted by molar-refractivity contribution is 5.72. The molecule has 1 saturated heterocycles. The van der Waals surface area contributed by atoms with E-state index in [9.17, 15) is 4.79 Å². The van der Waals surface area contributed by atoms with Crippen molar-refractivity contribution in [3.8, 4) is 0 Å². The molecular weight excluding hydrogens is 234 g/mol. The van der Waals surface area contributed by atoms with Gasteiger partial charge in [-0.2, -0.15) is 5.10 Å². The molecule has 0 bridgehead atoms. The molecule has 2 rings (SSSR count). The van der Waals surface area contributed by atoms with Crippen LogP contribution in [0.15, 0.2) is 12.3 Å². The number of esters is 1.